The van der Waals surface area contributed by atoms with E-state index in [1.807, 2.05) is 79.2 Å². The molecule has 1 aromatic carbocycles. The van der Waals surface area contributed by atoms with Gasteiger partial charge in [0.05, 0.1) is 16.8 Å². The first-order chi connectivity index (χ1) is 17.5. The number of aromatic nitrogens is 3. The van der Waals surface area contributed by atoms with Gasteiger partial charge in [-0.2, -0.15) is 0 Å². The zero-order chi connectivity index (χ0) is 25.2. The van der Waals surface area contributed by atoms with Crippen LogP contribution in [-0.4, -0.2) is 25.6 Å². The van der Waals surface area contributed by atoms with Crippen LogP contribution in [0.4, 0.5) is 11.4 Å². The topological polar surface area (TPSA) is 75.1 Å². The van der Waals surface area contributed by atoms with E-state index in [9.17, 15) is 4.79 Å². The van der Waals surface area contributed by atoms with Gasteiger partial charge in [-0.05, 0) is 79.3 Å². The number of hydrogen-bond acceptors (Lipinski definition) is 4. The first kappa shape index (κ1) is 24.0. The van der Waals surface area contributed by atoms with Gasteiger partial charge in [0.15, 0.2) is 5.11 Å². The van der Waals surface area contributed by atoms with Gasteiger partial charge in [0.1, 0.15) is 11.9 Å². The van der Waals surface area contributed by atoms with Gasteiger partial charge in [0.25, 0.3) is 0 Å². The van der Waals surface area contributed by atoms with Crippen molar-refractivity contribution >= 4 is 46.2 Å². The number of nitrogens with one attached hydrogen (secondary N) is 2. The molecule has 0 radical (unpaired) electrons. The summed E-state index contributed by atoms with van der Waals surface area (Å²) in [7, 11) is 0. The summed E-state index contributed by atoms with van der Waals surface area (Å²) in [6, 6.07) is 19.2. The van der Waals surface area contributed by atoms with Crippen LogP contribution in [0.5, 0.6) is 0 Å². The summed E-state index contributed by atoms with van der Waals surface area (Å²) < 4.78 is 2.04. The van der Waals surface area contributed by atoms with Crippen LogP contribution in [-0.2, 0) is 4.79 Å². The molecule has 4 heterocycles. The van der Waals surface area contributed by atoms with Gasteiger partial charge in [0.2, 0.25) is 5.91 Å². The molecule has 1 fully saturated rings. The highest BCUT2D eigenvalue weighted by Crippen LogP contribution is 2.42. The number of carbonyl (C=O) groups excluding carboxylic acids is 1. The quantitative estimate of drug-likeness (QED) is 0.318. The Morgan fingerprint density at radius 1 is 1.14 bits per heavy atom. The third-order valence-corrected chi connectivity index (χ3v) is 6.76. The third kappa shape index (κ3) is 4.57. The van der Waals surface area contributed by atoms with Gasteiger partial charge in [0, 0.05) is 42.1 Å². The molecule has 0 saturated carbocycles. The smallest absolute Gasteiger partial charge is 0.224 e. The number of pyridine rings is 2. The number of amides is 1. The molecule has 3 aromatic heterocycles. The van der Waals surface area contributed by atoms with E-state index in [1.165, 1.54) is 0 Å². The van der Waals surface area contributed by atoms with Gasteiger partial charge in [-0.25, -0.2) is 4.98 Å². The molecule has 5 rings (SSSR count). The molecule has 36 heavy (non-hydrogen) atoms. The lowest BCUT2D eigenvalue weighted by Crippen LogP contribution is -2.30. The van der Waals surface area contributed by atoms with Crippen LogP contribution in [0.25, 0.3) is 5.82 Å². The van der Waals surface area contributed by atoms with Crippen molar-refractivity contribution in [3.8, 4) is 5.82 Å². The monoisotopic (exact) mass is 516 g/mol. The Labute approximate surface area is 220 Å². The van der Waals surface area contributed by atoms with Crippen LogP contribution in [0, 0.1) is 6.92 Å². The van der Waals surface area contributed by atoms with Gasteiger partial charge < -0.3 is 20.1 Å². The minimum absolute atomic E-state index is 0.0226. The van der Waals surface area contributed by atoms with E-state index in [0.717, 1.165) is 34.1 Å². The van der Waals surface area contributed by atoms with E-state index in [-0.39, 0.29) is 18.0 Å². The van der Waals surface area contributed by atoms with Crippen molar-refractivity contribution in [1.82, 2.24) is 19.9 Å². The lowest BCUT2D eigenvalue weighted by atomic mass is 10.0. The summed E-state index contributed by atoms with van der Waals surface area (Å²) in [5, 5.41) is 7.62. The van der Waals surface area contributed by atoms with E-state index >= 15 is 0 Å². The Morgan fingerprint density at radius 2 is 2.00 bits per heavy atom. The summed E-state index contributed by atoms with van der Waals surface area (Å²) in [6.07, 6.45) is 5.83. The maximum absolute atomic E-state index is 12.0. The van der Waals surface area contributed by atoms with Crippen LogP contribution < -0.4 is 15.5 Å². The standard InChI is InChI=1S/C27H25ClN6OS/c1-3-24(35)31-20-11-10-19(15-17(20)2)34-26(25(32-27(34)36)21-7-4-5-13-29-21)22-8-6-14-33(22)23-12-9-18(28)16-30-23/h4-16,25-26H,3H2,1-2H3,(H,31,35)(H,32,36)/t25-,26-/m0/s1. The summed E-state index contributed by atoms with van der Waals surface area (Å²) in [6.45, 7) is 3.81. The second-order valence-corrected chi connectivity index (χ2v) is 9.36. The number of anilines is 2. The Hall–Kier alpha value is -3.75. The Kier molecular flexibility index (Phi) is 6.71. The van der Waals surface area contributed by atoms with Crippen LogP contribution in [0.2, 0.25) is 5.02 Å². The highest BCUT2D eigenvalue weighted by atomic mass is 35.5. The lowest BCUT2D eigenvalue weighted by molar-refractivity contribution is -0.115. The lowest BCUT2D eigenvalue weighted by Gasteiger charge is -2.29. The number of rotatable bonds is 6. The first-order valence-electron chi connectivity index (χ1n) is 11.7. The van der Waals surface area contributed by atoms with Gasteiger partial charge in [-0.1, -0.05) is 24.6 Å². The normalized spacial score (nSPS) is 17.2. The summed E-state index contributed by atoms with van der Waals surface area (Å²) in [5.74, 6) is 0.733. The van der Waals surface area contributed by atoms with Crippen molar-refractivity contribution in [3.05, 3.63) is 101 Å². The summed E-state index contributed by atoms with van der Waals surface area (Å²) in [4.78, 5) is 23.2. The van der Waals surface area contributed by atoms with Crippen LogP contribution in [0.15, 0.2) is 79.3 Å². The molecule has 2 N–H and O–H groups in total. The molecular formula is C27H25ClN6OS. The molecule has 1 amide bonds. The highest BCUT2D eigenvalue weighted by Gasteiger charge is 2.42. The number of thiocarbonyl (C=S) groups is 1. The molecule has 0 bridgehead atoms. The molecule has 0 spiro atoms. The molecular weight excluding hydrogens is 492 g/mol. The van der Waals surface area contributed by atoms with Crippen LogP contribution in [0.3, 0.4) is 0 Å². The summed E-state index contributed by atoms with van der Waals surface area (Å²) >= 11 is 12.0. The van der Waals surface area contributed by atoms with Crippen molar-refractivity contribution in [3.63, 3.8) is 0 Å². The highest BCUT2D eigenvalue weighted by molar-refractivity contribution is 7.80. The fourth-order valence-corrected chi connectivity index (χ4v) is 4.92. The second-order valence-electron chi connectivity index (χ2n) is 8.54. The number of aryl methyl sites for hydroxylation is 1. The zero-order valence-corrected chi connectivity index (χ0v) is 21.4. The van der Waals surface area contributed by atoms with E-state index in [0.29, 0.717) is 16.6 Å². The number of hydrogen-bond donors (Lipinski definition) is 2. The minimum atomic E-state index is -0.213. The average Bonchev–Trinajstić information content (AvgIpc) is 3.50. The van der Waals surface area contributed by atoms with E-state index in [2.05, 4.69) is 31.6 Å². The van der Waals surface area contributed by atoms with E-state index in [4.69, 9.17) is 23.8 Å². The Balaban J connectivity index is 1.61. The molecule has 1 aliphatic heterocycles. The molecule has 1 saturated heterocycles. The fraction of sp³-hybridized carbons (Fsp3) is 0.185. The number of halogens is 1. The second kappa shape index (κ2) is 10.1. The largest absolute Gasteiger partial charge is 0.351 e. The fourth-order valence-electron chi connectivity index (χ4n) is 4.46. The summed E-state index contributed by atoms with van der Waals surface area (Å²) in [5.41, 5.74) is 4.53. The number of carbonyl (C=O) groups is 1. The predicted octanol–water partition coefficient (Wildman–Crippen LogP) is 5.75. The molecule has 0 unspecified atom stereocenters. The average molecular weight is 517 g/mol. The van der Waals surface area contributed by atoms with E-state index in [1.54, 1.807) is 12.4 Å². The molecule has 0 aliphatic carbocycles. The molecule has 4 aromatic rings. The third-order valence-electron chi connectivity index (χ3n) is 6.22. The zero-order valence-electron chi connectivity index (χ0n) is 19.9. The van der Waals surface area contributed by atoms with Gasteiger partial charge >= 0.3 is 0 Å². The van der Waals surface area contributed by atoms with Gasteiger partial charge in [-0.15, -0.1) is 0 Å². The SMILES string of the molecule is CCC(=O)Nc1ccc(N2C(=S)N[C@@H](c3ccccn3)[C@@H]2c2cccn2-c2ccc(Cl)cn2)cc1C. The van der Waals surface area contributed by atoms with Crippen molar-refractivity contribution < 1.29 is 4.79 Å². The van der Waals surface area contributed by atoms with Crippen molar-refractivity contribution in [2.75, 3.05) is 10.2 Å². The number of benzene rings is 1. The molecule has 1 aliphatic rings. The van der Waals surface area contributed by atoms with E-state index < -0.39 is 0 Å². The minimum Gasteiger partial charge on any atom is -0.351 e. The van der Waals surface area contributed by atoms with Crippen LogP contribution >= 0.6 is 23.8 Å². The molecule has 9 heteroatoms. The predicted molar refractivity (Wildman–Crippen MR) is 147 cm³/mol. The van der Waals surface area contributed by atoms with Crippen LogP contribution in [0.1, 0.15) is 42.4 Å². The van der Waals surface area contributed by atoms with Crippen molar-refractivity contribution in [2.45, 2.75) is 32.4 Å². The molecule has 182 valence electrons. The molecule has 2 atom stereocenters. The molecule has 7 nitrogen and oxygen atoms in total. The Morgan fingerprint density at radius 3 is 2.69 bits per heavy atom. The number of nitrogens with zero attached hydrogens (tertiary/aromatic N) is 4. The van der Waals surface area contributed by atoms with Gasteiger partial charge in [-0.3, -0.25) is 9.78 Å². The maximum Gasteiger partial charge on any atom is 0.224 e. The maximum atomic E-state index is 12.0. The van der Waals surface area contributed by atoms with Crippen molar-refractivity contribution in [1.29, 1.82) is 0 Å². The Bertz CT molecular complexity index is 1410. The van der Waals surface area contributed by atoms with Crippen molar-refractivity contribution in [2.24, 2.45) is 0 Å². The first-order valence-corrected chi connectivity index (χ1v) is 12.4.